The molecule has 0 atom stereocenters. The second-order valence-corrected chi connectivity index (χ2v) is 7.19. The van der Waals surface area contributed by atoms with Crippen molar-refractivity contribution in [3.8, 4) is 0 Å². The molecule has 1 aromatic carbocycles. The fraction of sp³-hybridized carbons (Fsp3) is 0.421. The number of hydrogen-bond donors (Lipinski definition) is 1. The summed E-state index contributed by atoms with van der Waals surface area (Å²) in [5.74, 6) is 0.178. The third kappa shape index (κ3) is 4.23. The Balaban J connectivity index is 1.59. The summed E-state index contributed by atoms with van der Waals surface area (Å²) in [6, 6.07) is 12.3. The van der Waals surface area contributed by atoms with Gasteiger partial charge >= 0.3 is 0 Å². The van der Waals surface area contributed by atoms with Crippen molar-refractivity contribution in [2.24, 2.45) is 0 Å². The highest BCUT2D eigenvalue weighted by molar-refractivity contribution is 7.09. The molecule has 0 spiro atoms. The molecule has 0 saturated carbocycles. The summed E-state index contributed by atoms with van der Waals surface area (Å²) in [5, 5.41) is 5.28. The molecule has 4 nitrogen and oxygen atoms in total. The highest BCUT2D eigenvalue weighted by Gasteiger charge is 2.23. The molecule has 0 unspecified atom stereocenters. The molecule has 1 aliphatic rings. The van der Waals surface area contributed by atoms with Crippen LogP contribution in [-0.2, 0) is 13.0 Å². The monoisotopic (exact) mass is 343 g/mol. The van der Waals surface area contributed by atoms with Crippen LogP contribution in [-0.4, -0.2) is 55.5 Å². The van der Waals surface area contributed by atoms with E-state index in [-0.39, 0.29) is 5.91 Å². The van der Waals surface area contributed by atoms with E-state index in [0.717, 1.165) is 56.8 Å². The van der Waals surface area contributed by atoms with E-state index in [1.165, 1.54) is 4.88 Å². The second-order valence-electron chi connectivity index (χ2n) is 6.16. The van der Waals surface area contributed by atoms with Crippen LogP contribution in [0.5, 0.6) is 0 Å². The number of likely N-dealkylation sites (N-methyl/N-ethyl adjacent to an activating group) is 1. The summed E-state index contributed by atoms with van der Waals surface area (Å²) in [6.07, 6.45) is 0.886. The number of amides is 1. The first-order chi connectivity index (χ1) is 11.8. The van der Waals surface area contributed by atoms with Crippen molar-refractivity contribution < 1.29 is 4.79 Å². The standard InChI is InChI=1S/C19H25N3OS/c1-20-9-8-16-5-2-3-7-18(16)19(23)22-12-10-21(11-13-22)15-17-6-4-14-24-17/h2-7,14,20H,8-13,15H2,1H3. The van der Waals surface area contributed by atoms with Crippen molar-refractivity contribution in [1.29, 1.82) is 0 Å². The maximum Gasteiger partial charge on any atom is 0.254 e. The average Bonchev–Trinajstić information content (AvgIpc) is 3.13. The number of hydrogen-bond acceptors (Lipinski definition) is 4. The second kappa shape index (κ2) is 8.42. The smallest absolute Gasteiger partial charge is 0.254 e. The molecule has 1 amide bonds. The lowest BCUT2D eigenvalue weighted by Crippen LogP contribution is -2.48. The molecule has 3 rings (SSSR count). The maximum absolute atomic E-state index is 12.9. The van der Waals surface area contributed by atoms with Gasteiger partial charge in [-0.2, -0.15) is 0 Å². The minimum atomic E-state index is 0.178. The molecule has 1 saturated heterocycles. The van der Waals surface area contributed by atoms with Crippen LogP contribution in [0.3, 0.4) is 0 Å². The molecule has 1 aliphatic heterocycles. The zero-order valence-electron chi connectivity index (χ0n) is 14.2. The van der Waals surface area contributed by atoms with E-state index in [1.807, 2.05) is 30.1 Å². The summed E-state index contributed by atoms with van der Waals surface area (Å²) in [4.78, 5) is 18.7. The molecule has 0 radical (unpaired) electrons. The van der Waals surface area contributed by atoms with Crippen molar-refractivity contribution in [3.63, 3.8) is 0 Å². The highest BCUT2D eigenvalue weighted by atomic mass is 32.1. The highest BCUT2D eigenvalue weighted by Crippen LogP contribution is 2.17. The summed E-state index contributed by atoms with van der Waals surface area (Å²) in [7, 11) is 1.94. The molecule has 1 aromatic heterocycles. The molecule has 24 heavy (non-hydrogen) atoms. The first-order valence-corrected chi connectivity index (χ1v) is 9.42. The number of nitrogens with one attached hydrogen (secondary N) is 1. The Morgan fingerprint density at radius 1 is 1.12 bits per heavy atom. The largest absolute Gasteiger partial charge is 0.336 e. The predicted octanol–water partition coefficient (Wildman–Crippen LogP) is 2.47. The van der Waals surface area contributed by atoms with E-state index >= 15 is 0 Å². The predicted molar refractivity (Wildman–Crippen MR) is 99.6 cm³/mol. The molecule has 2 aromatic rings. The Hall–Kier alpha value is -1.69. The van der Waals surface area contributed by atoms with Crippen LogP contribution in [0.25, 0.3) is 0 Å². The zero-order chi connectivity index (χ0) is 16.8. The fourth-order valence-electron chi connectivity index (χ4n) is 3.11. The number of carbonyl (C=O) groups excluding carboxylic acids is 1. The molecule has 0 aliphatic carbocycles. The number of benzene rings is 1. The van der Waals surface area contributed by atoms with Gasteiger partial charge in [-0.15, -0.1) is 11.3 Å². The molecule has 128 valence electrons. The third-order valence-corrected chi connectivity index (χ3v) is 5.37. The van der Waals surface area contributed by atoms with Gasteiger partial charge in [0.1, 0.15) is 0 Å². The van der Waals surface area contributed by atoms with Gasteiger partial charge in [0.2, 0.25) is 0 Å². The lowest BCUT2D eigenvalue weighted by Gasteiger charge is -2.34. The molecular weight excluding hydrogens is 318 g/mol. The van der Waals surface area contributed by atoms with Gasteiger partial charge in [-0.05, 0) is 43.1 Å². The molecule has 5 heteroatoms. The summed E-state index contributed by atoms with van der Waals surface area (Å²) < 4.78 is 0. The van der Waals surface area contributed by atoms with Gasteiger partial charge in [0, 0.05) is 43.2 Å². The van der Waals surface area contributed by atoms with Gasteiger partial charge < -0.3 is 10.2 Å². The Labute approximate surface area is 148 Å². The van der Waals surface area contributed by atoms with Crippen LogP contribution in [0.4, 0.5) is 0 Å². The van der Waals surface area contributed by atoms with Crippen LogP contribution in [0, 0.1) is 0 Å². The Bertz CT molecular complexity index is 648. The number of carbonyl (C=O) groups is 1. The quantitative estimate of drug-likeness (QED) is 0.875. The molecule has 1 N–H and O–H groups in total. The van der Waals surface area contributed by atoms with E-state index < -0.39 is 0 Å². The van der Waals surface area contributed by atoms with Gasteiger partial charge in [0.15, 0.2) is 0 Å². The first-order valence-electron chi connectivity index (χ1n) is 8.54. The van der Waals surface area contributed by atoms with Crippen LogP contribution in [0.15, 0.2) is 41.8 Å². The van der Waals surface area contributed by atoms with E-state index in [9.17, 15) is 4.79 Å². The molecular formula is C19H25N3OS. The van der Waals surface area contributed by atoms with Crippen LogP contribution in [0.1, 0.15) is 20.8 Å². The lowest BCUT2D eigenvalue weighted by molar-refractivity contribution is 0.0628. The SMILES string of the molecule is CNCCc1ccccc1C(=O)N1CCN(Cc2cccs2)CC1. The maximum atomic E-state index is 12.9. The normalized spacial score (nSPS) is 15.6. The van der Waals surface area contributed by atoms with E-state index in [1.54, 1.807) is 11.3 Å². The van der Waals surface area contributed by atoms with E-state index in [2.05, 4.69) is 33.8 Å². The van der Waals surface area contributed by atoms with Crippen molar-refractivity contribution in [2.45, 2.75) is 13.0 Å². The average molecular weight is 343 g/mol. The van der Waals surface area contributed by atoms with Gasteiger partial charge in [-0.3, -0.25) is 9.69 Å². The van der Waals surface area contributed by atoms with Gasteiger partial charge in [-0.1, -0.05) is 24.3 Å². The third-order valence-electron chi connectivity index (χ3n) is 4.51. The van der Waals surface area contributed by atoms with Crippen molar-refractivity contribution >= 4 is 17.2 Å². The van der Waals surface area contributed by atoms with Crippen molar-refractivity contribution in [3.05, 3.63) is 57.8 Å². The molecule has 0 bridgehead atoms. The number of rotatable bonds is 6. The van der Waals surface area contributed by atoms with Gasteiger partial charge in [0.25, 0.3) is 5.91 Å². The molecule has 1 fully saturated rings. The first kappa shape index (κ1) is 17.1. The lowest BCUT2D eigenvalue weighted by atomic mass is 10.0. The molecule has 2 heterocycles. The van der Waals surface area contributed by atoms with Crippen LogP contribution < -0.4 is 5.32 Å². The van der Waals surface area contributed by atoms with Gasteiger partial charge in [0.05, 0.1) is 0 Å². The Morgan fingerprint density at radius 2 is 1.92 bits per heavy atom. The van der Waals surface area contributed by atoms with Crippen LogP contribution >= 0.6 is 11.3 Å². The van der Waals surface area contributed by atoms with Crippen molar-refractivity contribution in [1.82, 2.24) is 15.1 Å². The summed E-state index contributed by atoms with van der Waals surface area (Å²) in [5.41, 5.74) is 2.00. The Kier molecular flexibility index (Phi) is 6.01. The minimum absolute atomic E-state index is 0.178. The fourth-order valence-corrected chi connectivity index (χ4v) is 3.86. The van der Waals surface area contributed by atoms with E-state index in [4.69, 9.17) is 0 Å². The number of piperazine rings is 1. The summed E-state index contributed by atoms with van der Waals surface area (Å²) in [6.45, 7) is 5.40. The van der Waals surface area contributed by atoms with Crippen molar-refractivity contribution in [2.75, 3.05) is 39.8 Å². The topological polar surface area (TPSA) is 35.6 Å². The van der Waals surface area contributed by atoms with Crippen LogP contribution in [0.2, 0.25) is 0 Å². The minimum Gasteiger partial charge on any atom is -0.336 e. The van der Waals surface area contributed by atoms with E-state index in [0.29, 0.717) is 0 Å². The Morgan fingerprint density at radius 3 is 2.62 bits per heavy atom. The summed E-state index contributed by atoms with van der Waals surface area (Å²) >= 11 is 1.80. The number of nitrogens with zero attached hydrogens (tertiary/aromatic N) is 2. The number of thiophene rings is 1. The zero-order valence-corrected chi connectivity index (χ0v) is 15.0. The van der Waals surface area contributed by atoms with Gasteiger partial charge in [-0.25, -0.2) is 0 Å².